The van der Waals surface area contributed by atoms with Gasteiger partial charge in [-0.1, -0.05) is 57.5 Å². The Morgan fingerprint density at radius 2 is 1.45 bits per heavy atom. The predicted octanol–water partition coefficient (Wildman–Crippen LogP) is 6.62. The van der Waals surface area contributed by atoms with Crippen LogP contribution < -0.4 is 15.0 Å². The first-order chi connectivity index (χ1) is 26.9. The number of imide groups is 1. The Morgan fingerprint density at radius 1 is 0.821 bits per heavy atom. The van der Waals surface area contributed by atoms with Gasteiger partial charge in [0.1, 0.15) is 24.9 Å². The summed E-state index contributed by atoms with van der Waals surface area (Å²) >= 11 is 0. The van der Waals surface area contributed by atoms with E-state index in [4.69, 9.17) is 14.6 Å². The lowest BCUT2D eigenvalue weighted by Crippen LogP contribution is -2.39. The third-order valence-corrected chi connectivity index (χ3v) is 10.9. The first-order valence-corrected chi connectivity index (χ1v) is 20.3. The number of nitrogens with zero attached hydrogens (tertiary/aromatic N) is 5. The predicted molar refractivity (Wildman–Crippen MR) is 212 cm³/mol. The van der Waals surface area contributed by atoms with Gasteiger partial charge in [0, 0.05) is 25.2 Å². The fraction of sp³-hybridized carbons (Fsp3) is 0.395. The Labute approximate surface area is 330 Å². The molecular formula is C43H49N5O7S. The number of ether oxygens (including phenoxy) is 2. The molecule has 3 amide bonds. The molecule has 2 aliphatic heterocycles. The molecule has 56 heavy (non-hydrogen) atoms. The number of carbonyl (C=O) groups excluding carboxylic acids is 4. The van der Waals surface area contributed by atoms with Gasteiger partial charge in [0.2, 0.25) is 0 Å². The zero-order valence-electron chi connectivity index (χ0n) is 32.6. The van der Waals surface area contributed by atoms with Gasteiger partial charge in [-0.2, -0.15) is 9.50 Å². The molecule has 0 aliphatic carbocycles. The molecule has 0 saturated carbocycles. The van der Waals surface area contributed by atoms with Gasteiger partial charge in [-0.05, 0) is 99.0 Å². The average molecular weight is 780 g/mol. The summed E-state index contributed by atoms with van der Waals surface area (Å²) in [5.41, 5.74) is 2.19. The molecule has 0 spiro atoms. The van der Waals surface area contributed by atoms with Gasteiger partial charge in [-0.25, -0.2) is 8.89 Å². The molecule has 2 atom stereocenters. The number of carbonyl (C=O) groups is 4. The molecule has 13 heteroatoms. The number of amides is 3. The van der Waals surface area contributed by atoms with Crippen molar-refractivity contribution in [3.05, 3.63) is 112 Å². The number of aryl methyl sites for hydroxylation is 1. The van der Waals surface area contributed by atoms with Gasteiger partial charge in [0.15, 0.2) is 33.8 Å². The molecule has 6 rings (SSSR count). The van der Waals surface area contributed by atoms with Crippen molar-refractivity contribution >= 4 is 34.5 Å². The van der Waals surface area contributed by atoms with Gasteiger partial charge in [0.05, 0.1) is 16.0 Å². The standard InChI is InChI=1S/C43H49N5O7S/c1-28(2)20-23-46(24-21-29(3)4)43(52)35-17-19-39(45-56(53)32-15-12-30(5)13-16-32)48(44-35)36(40(49)31-14-18-37-38(27-31)55-26-25-54-37)11-8-22-47-41(50)33-9-6-7-10-34(33)42(47)51/h6-7,9-10,12-19,27-29,36H,8,11,20-26H2,1-5H3/b45-39+. The molecule has 2 aliphatic rings. The van der Waals surface area contributed by atoms with Crippen molar-refractivity contribution in [2.75, 3.05) is 32.8 Å². The van der Waals surface area contributed by atoms with E-state index >= 15 is 0 Å². The van der Waals surface area contributed by atoms with Crippen LogP contribution in [0.2, 0.25) is 0 Å². The van der Waals surface area contributed by atoms with E-state index in [9.17, 15) is 23.4 Å². The van der Waals surface area contributed by atoms with Crippen LogP contribution in [0.1, 0.15) is 107 Å². The zero-order valence-corrected chi connectivity index (χ0v) is 33.4. The monoisotopic (exact) mass is 779 g/mol. The molecule has 2 unspecified atom stereocenters. The summed E-state index contributed by atoms with van der Waals surface area (Å²) in [5.74, 6) is 0.218. The Hall–Kier alpha value is -5.43. The van der Waals surface area contributed by atoms with E-state index in [0.717, 1.165) is 18.4 Å². The highest BCUT2D eigenvalue weighted by molar-refractivity contribution is 7.83. The maximum atomic E-state index is 14.8. The molecule has 1 aromatic heterocycles. The third-order valence-electron chi connectivity index (χ3n) is 9.86. The molecule has 294 valence electrons. The summed E-state index contributed by atoms with van der Waals surface area (Å²) in [5, 5.41) is 4.83. The Morgan fingerprint density at radius 3 is 2.07 bits per heavy atom. The van der Waals surface area contributed by atoms with E-state index in [-0.39, 0.29) is 42.3 Å². The second-order valence-corrected chi connectivity index (χ2v) is 16.2. The molecular weight excluding hydrogens is 731 g/mol. The van der Waals surface area contributed by atoms with Gasteiger partial charge in [-0.3, -0.25) is 24.1 Å². The molecule has 0 N–H and O–H groups in total. The van der Waals surface area contributed by atoms with E-state index in [1.807, 2.05) is 19.1 Å². The third kappa shape index (κ3) is 9.32. The highest BCUT2D eigenvalue weighted by Gasteiger charge is 2.35. The fourth-order valence-electron chi connectivity index (χ4n) is 6.58. The highest BCUT2D eigenvalue weighted by Crippen LogP contribution is 2.33. The molecule has 0 radical (unpaired) electrons. The Bertz CT molecular complexity index is 2150. The Kier molecular flexibility index (Phi) is 12.9. The van der Waals surface area contributed by atoms with Crippen molar-refractivity contribution in [1.29, 1.82) is 0 Å². The largest absolute Gasteiger partial charge is 0.486 e. The van der Waals surface area contributed by atoms with E-state index in [0.29, 0.717) is 71.2 Å². The number of ketones is 1. The molecule has 3 aromatic carbocycles. The minimum Gasteiger partial charge on any atom is -0.486 e. The molecule has 0 fully saturated rings. The van der Waals surface area contributed by atoms with Gasteiger partial charge in [-0.15, -0.1) is 0 Å². The molecule has 0 bridgehead atoms. The van der Waals surface area contributed by atoms with E-state index in [1.54, 1.807) is 71.6 Å². The normalized spacial score (nSPS) is 15.0. The van der Waals surface area contributed by atoms with Gasteiger partial charge in [0.25, 0.3) is 17.7 Å². The van der Waals surface area contributed by atoms with Crippen LogP contribution in [-0.2, 0) is 11.0 Å². The van der Waals surface area contributed by atoms with Gasteiger partial charge < -0.3 is 14.4 Å². The molecule has 4 aromatic rings. The lowest BCUT2D eigenvalue weighted by atomic mass is 9.99. The summed E-state index contributed by atoms with van der Waals surface area (Å²) in [6, 6.07) is 20.8. The highest BCUT2D eigenvalue weighted by atomic mass is 32.2. The molecule has 12 nitrogen and oxygen atoms in total. The Balaban J connectivity index is 1.42. The number of hydrogen-bond donors (Lipinski definition) is 0. The van der Waals surface area contributed by atoms with Crippen molar-refractivity contribution in [3.63, 3.8) is 0 Å². The summed E-state index contributed by atoms with van der Waals surface area (Å²) in [6.07, 6.45) is 1.92. The van der Waals surface area contributed by atoms with E-state index in [1.165, 1.54) is 9.58 Å². The number of aromatic nitrogens is 2. The van der Waals surface area contributed by atoms with Gasteiger partial charge >= 0.3 is 0 Å². The second-order valence-electron chi connectivity index (χ2n) is 15.0. The summed E-state index contributed by atoms with van der Waals surface area (Å²) in [4.78, 5) is 59.0. The maximum absolute atomic E-state index is 14.8. The minimum atomic E-state index is -1.89. The van der Waals surface area contributed by atoms with Crippen molar-refractivity contribution in [2.24, 2.45) is 16.2 Å². The number of hydrogen-bond acceptors (Lipinski definition) is 8. The van der Waals surface area contributed by atoms with Crippen molar-refractivity contribution < 1.29 is 32.9 Å². The van der Waals surface area contributed by atoms with Crippen molar-refractivity contribution in [2.45, 2.75) is 71.2 Å². The van der Waals surface area contributed by atoms with E-state index in [2.05, 4.69) is 32.1 Å². The smallest absolute Gasteiger partial charge is 0.274 e. The summed E-state index contributed by atoms with van der Waals surface area (Å²) in [6.45, 7) is 12.2. The molecule has 3 heterocycles. The minimum absolute atomic E-state index is 0.0381. The van der Waals surface area contributed by atoms with Crippen LogP contribution in [-0.4, -0.2) is 80.1 Å². The quantitative estimate of drug-likeness (QED) is 0.0914. The molecule has 0 saturated heterocycles. The topological polar surface area (TPSA) is 140 Å². The number of rotatable bonds is 16. The number of benzene rings is 3. The fourth-order valence-corrected chi connectivity index (χ4v) is 7.37. The van der Waals surface area contributed by atoms with Crippen LogP contribution in [0.3, 0.4) is 0 Å². The first-order valence-electron chi connectivity index (χ1n) is 19.2. The lowest BCUT2D eigenvalue weighted by molar-refractivity contribution is 0.0646. The van der Waals surface area contributed by atoms with Crippen LogP contribution in [0.25, 0.3) is 0 Å². The lowest BCUT2D eigenvalue weighted by Gasteiger charge is -2.25. The second kappa shape index (κ2) is 18.0. The van der Waals surface area contributed by atoms with Crippen LogP contribution in [0.4, 0.5) is 0 Å². The van der Waals surface area contributed by atoms with Crippen LogP contribution >= 0.6 is 0 Å². The van der Waals surface area contributed by atoms with Crippen molar-refractivity contribution in [3.8, 4) is 11.5 Å². The number of fused-ring (bicyclic) bond motifs is 2. The summed E-state index contributed by atoms with van der Waals surface area (Å²) in [7, 11) is -1.89. The number of Topliss-reactive ketones (excluding diaryl/α,β-unsaturated/α-hetero) is 1. The zero-order chi connectivity index (χ0) is 39.9. The van der Waals surface area contributed by atoms with Crippen LogP contribution in [0.5, 0.6) is 11.5 Å². The summed E-state index contributed by atoms with van der Waals surface area (Å²) < 4.78 is 31.2. The SMILES string of the molecule is Cc1ccc(S(=O)/N=c2\ccc(C(=O)N(CCC(C)C)CCC(C)C)nn2C(CCCN2C(=O)c3ccccc3C2=O)C(=O)c2ccc3c(c2)OCCO3)cc1. The first kappa shape index (κ1) is 40.2. The van der Waals surface area contributed by atoms with Crippen molar-refractivity contribution in [1.82, 2.24) is 19.6 Å². The van der Waals surface area contributed by atoms with Crippen LogP contribution in [0, 0.1) is 18.8 Å². The van der Waals surface area contributed by atoms with Crippen LogP contribution in [0.15, 0.2) is 88.2 Å². The van der Waals surface area contributed by atoms with E-state index < -0.39 is 28.8 Å². The average Bonchev–Trinajstić information content (AvgIpc) is 3.44. The maximum Gasteiger partial charge on any atom is 0.274 e.